The molecule has 7 nitrogen and oxygen atoms in total. The van der Waals surface area contributed by atoms with Gasteiger partial charge in [-0.05, 0) is 50.3 Å². The van der Waals surface area contributed by atoms with Crippen LogP contribution in [0.25, 0.3) is 0 Å². The summed E-state index contributed by atoms with van der Waals surface area (Å²) in [5.41, 5.74) is 1.39. The van der Waals surface area contributed by atoms with E-state index in [-0.39, 0.29) is 11.0 Å². The first-order valence-corrected chi connectivity index (χ1v) is 10.4. The molecule has 1 heterocycles. The van der Waals surface area contributed by atoms with Crippen LogP contribution in [0.4, 0.5) is 4.79 Å². The lowest BCUT2D eigenvalue weighted by molar-refractivity contribution is -0.144. The van der Waals surface area contributed by atoms with Crippen LogP contribution in [0.3, 0.4) is 0 Å². The highest BCUT2D eigenvalue weighted by molar-refractivity contribution is 7.90. The van der Waals surface area contributed by atoms with Gasteiger partial charge in [-0.25, -0.2) is 18.0 Å². The zero-order chi connectivity index (χ0) is 18.9. The van der Waals surface area contributed by atoms with Gasteiger partial charge in [0.1, 0.15) is 6.10 Å². The normalized spacial score (nSPS) is 21.3. The van der Waals surface area contributed by atoms with Crippen molar-refractivity contribution in [2.75, 3.05) is 6.26 Å². The zero-order valence-electron chi connectivity index (χ0n) is 14.7. The Kier molecular flexibility index (Phi) is 5.04. The number of hydrogen-bond donors (Lipinski definition) is 2. The molecular formula is C18H22N2O5S. The first-order chi connectivity index (χ1) is 12.3. The lowest BCUT2D eigenvalue weighted by Crippen LogP contribution is -2.45. The minimum Gasteiger partial charge on any atom is -0.459 e. The molecule has 0 saturated heterocycles. The first-order valence-electron chi connectivity index (χ1n) is 8.55. The van der Waals surface area contributed by atoms with E-state index in [1.165, 1.54) is 12.1 Å². The third-order valence-electron chi connectivity index (χ3n) is 4.71. The van der Waals surface area contributed by atoms with Crippen LogP contribution in [0, 0.1) is 0 Å². The predicted molar refractivity (Wildman–Crippen MR) is 95.0 cm³/mol. The number of carbonyl (C=O) groups excluding carboxylic acids is 2. The van der Waals surface area contributed by atoms with Crippen molar-refractivity contribution in [2.24, 2.45) is 0 Å². The first kappa shape index (κ1) is 18.4. The standard InChI is InChI=1S/C18H22N2O5S/c1-11-15(17(21)25-13-5-3-4-6-13)16(20-18(22)19-11)12-7-9-14(10-8-12)26(2,23)24/h7-10,13,16H,3-6H2,1-2H3,(H2,19,20,22). The van der Waals surface area contributed by atoms with Crippen LogP contribution in [0.15, 0.2) is 40.4 Å². The van der Waals surface area contributed by atoms with Gasteiger partial charge in [-0.1, -0.05) is 12.1 Å². The maximum Gasteiger partial charge on any atom is 0.338 e. The molecule has 1 unspecified atom stereocenters. The van der Waals surface area contributed by atoms with Gasteiger partial charge in [0.15, 0.2) is 9.84 Å². The van der Waals surface area contributed by atoms with Crippen LogP contribution in [0.2, 0.25) is 0 Å². The Morgan fingerprint density at radius 3 is 2.35 bits per heavy atom. The Morgan fingerprint density at radius 2 is 1.77 bits per heavy atom. The monoisotopic (exact) mass is 378 g/mol. The number of ether oxygens (including phenoxy) is 1. The molecule has 1 aliphatic heterocycles. The highest BCUT2D eigenvalue weighted by Crippen LogP contribution is 2.30. The quantitative estimate of drug-likeness (QED) is 0.782. The molecule has 1 aromatic carbocycles. The van der Waals surface area contributed by atoms with E-state index in [0.717, 1.165) is 31.9 Å². The van der Waals surface area contributed by atoms with Crippen molar-refractivity contribution >= 4 is 21.8 Å². The molecule has 2 amide bonds. The number of esters is 1. The second-order valence-electron chi connectivity index (χ2n) is 6.72. The predicted octanol–water partition coefficient (Wildman–Crippen LogP) is 2.20. The molecule has 1 aliphatic carbocycles. The van der Waals surface area contributed by atoms with Gasteiger partial charge in [0.25, 0.3) is 0 Å². The Labute approximate surface area is 152 Å². The Balaban J connectivity index is 1.90. The molecule has 0 bridgehead atoms. The maximum absolute atomic E-state index is 12.7. The van der Waals surface area contributed by atoms with Gasteiger partial charge in [0.2, 0.25) is 0 Å². The average Bonchev–Trinajstić information content (AvgIpc) is 3.06. The summed E-state index contributed by atoms with van der Waals surface area (Å²) < 4.78 is 28.9. The third kappa shape index (κ3) is 3.90. The number of nitrogens with one attached hydrogen (secondary N) is 2. The minimum atomic E-state index is -3.32. The van der Waals surface area contributed by atoms with E-state index in [1.807, 2.05) is 0 Å². The van der Waals surface area contributed by atoms with E-state index in [1.54, 1.807) is 19.1 Å². The molecule has 0 spiro atoms. The van der Waals surface area contributed by atoms with Crippen molar-refractivity contribution in [3.63, 3.8) is 0 Å². The van der Waals surface area contributed by atoms with Crippen molar-refractivity contribution in [1.82, 2.24) is 10.6 Å². The number of carbonyl (C=O) groups is 2. The smallest absolute Gasteiger partial charge is 0.338 e. The second kappa shape index (κ2) is 7.11. The van der Waals surface area contributed by atoms with E-state index < -0.39 is 27.9 Å². The van der Waals surface area contributed by atoms with E-state index in [4.69, 9.17) is 4.74 Å². The molecule has 26 heavy (non-hydrogen) atoms. The van der Waals surface area contributed by atoms with Gasteiger partial charge in [-0.2, -0.15) is 0 Å². The molecule has 140 valence electrons. The van der Waals surface area contributed by atoms with Gasteiger partial charge >= 0.3 is 12.0 Å². The van der Waals surface area contributed by atoms with Crippen LogP contribution >= 0.6 is 0 Å². The fourth-order valence-corrected chi connectivity index (χ4v) is 3.97. The molecule has 1 aromatic rings. The summed E-state index contributed by atoms with van der Waals surface area (Å²) in [5.74, 6) is -0.459. The highest BCUT2D eigenvalue weighted by Gasteiger charge is 2.33. The summed E-state index contributed by atoms with van der Waals surface area (Å²) in [6.45, 7) is 1.65. The van der Waals surface area contributed by atoms with Crippen molar-refractivity contribution in [1.29, 1.82) is 0 Å². The molecule has 0 radical (unpaired) electrons. The summed E-state index contributed by atoms with van der Waals surface area (Å²) in [6, 6.07) is 5.02. The molecule has 2 aliphatic rings. The number of allylic oxidation sites excluding steroid dienone is 1. The summed E-state index contributed by atoms with van der Waals surface area (Å²) >= 11 is 0. The summed E-state index contributed by atoms with van der Waals surface area (Å²) in [6.07, 6.45) is 4.83. The largest absolute Gasteiger partial charge is 0.459 e. The van der Waals surface area contributed by atoms with Gasteiger partial charge in [0.05, 0.1) is 16.5 Å². The Bertz CT molecular complexity index is 852. The number of hydrogen-bond acceptors (Lipinski definition) is 5. The minimum absolute atomic E-state index is 0.0892. The van der Waals surface area contributed by atoms with Gasteiger partial charge in [-0.15, -0.1) is 0 Å². The molecular weight excluding hydrogens is 356 g/mol. The lowest BCUT2D eigenvalue weighted by Gasteiger charge is -2.29. The van der Waals surface area contributed by atoms with Crippen molar-refractivity contribution in [2.45, 2.75) is 49.6 Å². The fourth-order valence-electron chi connectivity index (χ4n) is 3.34. The van der Waals surface area contributed by atoms with E-state index in [2.05, 4.69) is 10.6 Å². The van der Waals surface area contributed by atoms with E-state index >= 15 is 0 Å². The van der Waals surface area contributed by atoms with Crippen LogP contribution in [0.5, 0.6) is 0 Å². The Morgan fingerprint density at radius 1 is 1.15 bits per heavy atom. The summed E-state index contributed by atoms with van der Waals surface area (Å²) in [7, 11) is -3.32. The SMILES string of the molecule is CC1=C(C(=O)OC2CCCC2)C(c2ccc(S(C)(=O)=O)cc2)NC(=O)N1. The van der Waals surface area contributed by atoms with E-state index in [9.17, 15) is 18.0 Å². The van der Waals surface area contributed by atoms with Gasteiger partial charge < -0.3 is 15.4 Å². The number of urea groups is 1. The Hall–Kier alpha value is -2.35. The number of rotatable bonds is 4. The van der Waals surface area contributed by atoms with Crippen LogP contribution in [-0.4, -0.2) is 32.8 Å². The summed E-state index contributed by atoms with van der Waals surface area (Å²) in [5, 5.41) is 5.32. The van der Waals surface area contributed by atoms with Crippen LogP contribution < -0.4 is 10.6 Å². The van der Waals surface area contributed by atoms with Crippen molar-refractivity contribution in [3.05, 3.63) is 41.1 Å². The van der Waals surface area contributed by atoms with E-state index in [0.29, 0.717) is 16.8 Å². The topological polar surface area (TPSA) is 102 Å². The van der Waals surface area contributed by atoms with Gasteiger partial charge in [0, 0.05) is 12.0 Å². The average molecular weight is 378 g/mol. The number of benzene rings is 1. The summed E-state index contributed by atoms with van der Waals surface area (Å²) in [4.78, 5) is 24.8. The van der Waals surface area contributed by atoms with Crippen molar-refractivity contribution in [3.8, 4) is 0 Å². The van der Waals surface area contributed by atoms with Crippen molar-refractivity contribution < 1.29 is 22.7 Å². The molecule has 3 rings (SSSR count). The molecule has 1 atom stereocenters. The molecule has 8 heteroatoms. The van der Waals surface area contributed by atoms with Gasteiger partial charge in [-0.3, -0.25) is 0 Å². The van der Waals surface area contributed by atoms with Crippen LogP contribution in [-0.2, 0) is 19.4 Å². The molecule has 1 fully saturated rings. The fraction of sp³-hybridized carbons (Fsp3) is 0.444. The molecule has 2 N–H and O–H groups in total. The second-order valence-corrected chi connectivity index (χ2v) is 8.74. The maximum atomic E-state index is 12.7. The lowest BCUT2D eigenvalue weighted by atomic mass is 9.95. The zero-order valence-corrected chi connectivity index (χ0v) is 15.6. The number of sulfone groups is 1. The molecule has 1 saturated carbocycles. The number of amides is 2. The molecule has 0 aromatic heterocycles. The third-order valence-corrected chi connectivity index (χ3v) is 5.84. The van der Waals surface area contributed by atoms with Crippen LogP contribution in [0.1, 0.15) is 44.2 Å². The highest BCUT2D eigenvalue weighted by atomic mass is 32.2.